The molecule has 9 heteroatoms. The molecular formula is C30H28N6O2S. The van der Waals surface area contributed by atoms with Crippen LogP contribution in [-0.2, 0) is 4.79 Å². The number of H-pyrrole nitrogens is 2. The van der Waals surface area contributed by atoms with Crippen molar-refractivity contribution in [3.63, 3.8) is 0 Å². The molecule has 0 saturated heterocycles. The summed E-state index contributed by atoms with van der Waals surface area (Å²) in [6.07, 6.45) is 5.31. The molecule has 196 valence electrons. The summed E-state index contributed by atoms with van der Waals surface area (Å²) >= 11 is 1.47. The van der Waals surface area contributed by atoms with Gasteiger partial charge < -0.3 is 10.3 Å². The lowest BCUT2D eigenvalue weighted by Crippen LogP contribution is -2.25. The lowest BCUT2D eigenvalue weighted by molar-refractivity contribution is -0.123. The van der Waals surface area contributed by atoms with Gasteiger partial charge in [0.2, 0.25) is 5.91 Å². The molecule has 8 nitrogen and oxygen atoms in total. The first-order chi connectivity index (χ1) is 18.7. The monoisotopic (exact) mass is 536 g/mol. The van der Waals surface area contributed by atoms with Crippen molar-refractivity contribution in [3.05, 3.63) is 77.1 Å². The molecule has 0 aliphatic carbocycles. The highest BCUT2D eigenvalue weighted by molar-refractivity contribution is 7.17. The second kappa shape index (κ2) is 10.6. The van der Waals surface area contributed by atoms with Crippen LogP contribution in [0.15, 0.2) is 71.6 Å². The van der Waals surface area contributed by atoms with Crippen LogP contribution in [0.4, 0.5) is 0 Å². The van der Waals surface area contributed by atoms with E-state index in [1.54, 1.807) is 19.3 Å². The topological polar surface area (TPSA) is 116 Å². The average Bonchev–Trinajstić information content (AvgIpc) is 3.65. The molecule has 0 atom stereocenters. The fraction of sp³-hybridized carbons (Fsp3) is 0.167. The molecule has 0 aliphatic heterocycles. The quantitative estimate of drug-likeness (QED) is 0.115. The van der Waals surface area contributed by atoms with Gasteiger partial charge in [-0.15, -0.1) is 11.3 Å². The predicted molar refractivity (Wildman–Crippen MR) is 159 cm³/mol. The van der Waals surface area contributed by atoms with E-state index in [-0.39, 0.29) is 17.6 Å². The summed E-state index contributed by atoms with van der Waals surface area (Å²) in [6.45, 7) is 10.7. The zero-order valence-electron chi connectivity index (χ0n) is 22.1. The Morgan fingerprint density at radius 3 is 2.64 bits per heavy atom. The average molecular weight is 537 g/mol. The third kappa shape index (κ3) is 5.21. The van der Waals surface area contributed by atoms with E-state index < -0.39 is 0 Å². The molecule has 0 bridgehead atoms. The summed E-state index contributed by atoms with van der Waals surface area (Å²) in [5.41, 5.74) is 6.62. The van der Waals surface area contributed by atoms with Crippen molar-refractivity contribution in [1.29, 1.82) is 0 Å². The highest BCUT2D eigenvalue weighted by Crippen LogP contribution is 2.36. The Morgan fingerprint density at radius 2 is 1.92 bits per heavy atom. The van der Waals surface area contributed by atoms with Gasteiger partial charge in [0.1, 0.15) is 11.3 Å². The van der Waals surface area contributed by atoms with Crippen molar-refractivity contribution in [3.8, 4) is 21.8 Å². The molecular weight excluding hydrogens is 508 g/mol. The number of thiophene rings is 1. The Labute approximate surface area is 229 Å². The first-order valence-electron chi connectivity index (χ1n) is 12.5. The van der Waals surface area contributed by atoms with Gasteiger partial charge in [0.15, 0.2) is 5.78 Å². The summed E-state index contributed by atoms with van der Waals surface area (Å²) in [5, 5.41) is 12.5. The number of aromatic amines is 2. The summed E-state index contributed by atoms with van der Waals surface area (Å²) in [6, 6.07) is 13.8. The third-order valence-electron chi connectivity index (χ3n) is 6.35. The number of Topliss-reactive ketones (excluding diaryl/α,β-unsaturated/α-hetero) is 1. The van der Waals surface area contributed by atoms with Gasteiger partial charge in [-0.05, 0) is 68.6 Å². The Hall–Kier alpha value is -4.63. The van der Waals surface area contributed by atoms with Gasteiger partial charge in [0, 0.05) is 50.8 Å². The standard InChI is InChI=1S/C30H28N6O2S/c1-16(2)30(38)33-17(3)12-20(15-31-5)19-6-7-24-23(13-19)28(36-35-24)25-14-22-21(10-11-32-29(22)34-25)27-9-8-26(39-27)18(4)37/h6-16H,5H2,1-4H3,(H,32,34)(H,33,38)(H,35,36)/b17-12+,20-15+. The molecule has 0 radical (unpaired) electrons. The van der Waals surface area contributed by atoms with Crippen molar-refractivity contribution >= 4 is 57.3 Å². The first kappa shape index (κ1) is 26.0. The number of aliphatic imine (C=N–C) groups is 1. The van der Waals surface area contributed by atoms with Crippen LogP contribution < -0.4 is 5.32 Å². The zero-order chi connectivity index (χ0) is 27.7. The lowest BCUT2D eigenvalue weighted by atomic mass is 10.0. The number of allylic oxidation sites excluding steroid dienone is 3. The van der Waals surface area contributed by atoms with Gasteiger partial charge in [-0.2, -0.15) is 5.10 Å². The van der Waals surface area contributed by atoms with Crippen LogP contribution in [0.1, 0.15) is 42.9 Å². The predicted octanol–water partition coefficient (Wildman–Crippen LogP) is 6.75. The molecule has 1 amide bonds. The highest BCUT2D eigenvalue weighted by atomic mass is 32.1. The normalized spacial score (nSPS) is 12.4. The van der Waals surface area contributed by atoms with Gasteiger partial charge in [-0.25, -0.2) is 4.98 Å². The molecule has 5 aromatic rings. The SMILES string of the molecule is C=N/C=C(\C=C(/C)NC(=O)C(C)C)c1ccc2[nH]nc(-c3cc4c(-c5ccc(C(C)=O)s5)ccnc4[nH]3)c2c1. The molecule has 4 heterocycles. The first-order valence-corrected chi connectivity index (χ1v) is 13.3. The second-order valence-electron chi connectivity index (χ2n) is 9.59. The number of hydrogen-bond donors (Lipinski definition) is 3. The zero-order valence-corrected chi connectivity index (χ0v) is 22.9. The van der Waals surface area contributed by atoms with Crippen molar-refractivity contribution < 1.29 is 9.59 Å². The van der Waals surface area contributed by atoms with Crippen molar-refractivity contribution in [2.75, 3.05) is 0 Å². The number of carbonyl (C=O) groups excluding carboxylic acids is 2. The van der Waals surface area contributed by atoms with Crippen molar-refractivity contribution in [2.45, 2.75) is 27.7 Å². The summed E-state index contributed by atoms with van der Waals surface area (Å²) in [5.74, 6) is -0.114. The summed E-state index contributed by atoms with van der Waals surface area (Å²) in [4.78, 5) is 37.6. The van der Waals surface area contributed by atoms with Gasteiger partial charge in [0.05, 0.1) is 16.1 Å². The number of aromatic nitrogens is 4. The largest absolute Gasteiger partial charge is 0.338 e. The van der Waals surface area contributed by atoms with Gasteiger partial charge >= 0.3 is 0 Å². The number of hydrogen-bond acceptors (Lipinski definition) is 6. The fourth-order valence-corrected chi connectivity index (χ4v) is 5.28. The molecule has 0 fully saturated rings. The molecule has 0 spiro atoms. The minimum Gasteiger partial charge on any atom is -0.338 e. The smallest absolute Gasteiger partial charge is 0.226 e. The molecule has 0 aliphatic rings. The van der Waals surface area contributed by atoms with E-state index in [1.807, 2.05) is 69.3 Å². The van der Waals surface area contributed by atoms with Crippen LogP contribution in [0, 0.1) is 5.92 Å². The Kier molecular flexibility index (Phi) is 7.08. The van der Waals surface area contributed by atoms with E-state index in [0.717, 1.165) is 59.8 Å². The van der Waals surface area contributed by atoms with E-state index in [1.165, 1.54) is 11.3 Å². The van der Waals surface area contributed by atoms with Crippen LogP contribution in [0.2, 0.25) is 0 Å². The van der Waals surface area contributed by atoms with Crippen LogP contribution in [0.25, 0.3) is 49.3 Å². The van der Waals surface area contributed by atoms with Crippen molar-refractivity contribution in [1.82, 2.24) is 25.5 Å². The summed E-state index contributed by atoms with van der Waals surface area (Å²) < 4.78 is 0. The van der Waals surface area contributed by atoms with Crippen molar-refractivity contribution in [2.24, 2.45) is 10.9 Å². The Balaban J connectivity index is 1.56. The lowest BCUT2D eigenvalue weighted by Gasteiger charge is -2.09. The molecule has 39 heavy (non-hydrogen) atoms. The number of pyridine rings is 1. The second-order valence-corrected chi connectivity index (χ2v) is 10.7. The fourth-order valence-electron chi connectivity index (χ4n) is 4.34. The maximum Gasteiger partial charge on any atom is 0.226 e. The van der Waals surface area contributed by atoms with E-state index in [0.29, 0.717) is 5.70 Å². The Bertz CT molecular complexity index is 1800. The summed E-state index contributed by atoms with van der Waals surface area (Å²) in [7, 11) is 0. The Morgan fingerprint density at radius 1 is 1.10 bits per heavy atom. The number of amides is 1. The maximum atomic E-state index is 12.1. The number of ketones is 1. The molecule has 0 saturated carbocycles. The van der Waals surface area contributed by atoms with Crippen LogP contribution in [0.5, 0.6) is 0 Å². The molecule has 5 rings (SSSR count). The van der Waals surface area contributed by atoms with Crippen LogP contribution >= 0.6 is 11.3 Å². The molecule has 0 unspecified atom stereocenters. The molecule has 1 aromatic carbocycles. The van der Waals surface area contributed by atoms with E-state index >= 15 is 0 Å². The number of nitrogens with one attached hydrogen (secondary N) is 3. The molecule has 4 aromatic heterocycles. The maximum absolute atomic E-state index is 12.1. The van der Waals surface area contributed by atoms with Crippen LogP contribution in [-0.4, -0.2) is 38.6 Å². The minimum absolute atomic E-state index is 0.0471. The van der Waals surface area contributed by atoms with Gasteiger partial charge in [0.25, 0.3) is 0 Å². The number of carbonyl (C=O) groups is 2. The minimum atomic E-state index is -0.120. The third-order valence-corrected chi connectivity index (χ3v) is 7.57. The van der Waals surface area contributed by atoms with E-state index in [2.05, 4.69) is 37.2 Å². The van der Waals surface area contributed by atoms with Gasteiger partial charge in [-0.1, -0.05) is 19.9 Å². The number of nitrogens with zero attached hydrogens (tertiary/aromatic N) is 3. The number of rotatable bonds is 8. The van der Waals surface area contributed by atoms with E-state index in [9.17, 15) is 9.59 Å². The van der Waals surface area contributed by atoms with Gasteiger partial charge in [-0.3, -0.25) is 19.7 Å². The number of fused-ring (bicyclic) bond motifs is 2. The van der Waals surface area contributed by atoms with E-state index in [4.69, 9.17) is 0 Å². The number of benzene rings is 1. The highest BCUT2D eigenvalue weighted by Gasteiger charge is 2.16. The molecule has 3 N–H and O–H groups in total. The van der Waals surface area contributed by atoms with Crippen LogP contribution in [0.3, 0.4) is 0 Å².